The standard InChI is InChI=1S/C17H14ClFN2O2S/c1-21-16(13-4-6-14(18)7-5-13)10-20-17(21)24(22,23)11-12-2-8-15(19)9-3-12/h2-10H,11H2,1H3. The van der Waals surface area contributed by atoms with Gasteiger partial charge in [-0.3, -0.25) is 0 Å². The van der Waals surface area contributed by atoms with Crippen molar-refractivity contribution < 1.29 is 12.8 Å². The molecule has 0 radical (unpaired) electrons. The Kier molecular flexibility index (Phi) is 4.43. The number of sulfone groups is 1. The number of hydrogen-bond donors (Lipinski definition) is 0. The van der Waals surface area contributed by atoms with Gasteiger partial charge in [0.15, 0.2) is 0 Å². The number of nitrogens with zero attached hydrogens (tertiary/aromatic N) is 2. The number of rotatable bonds is 4. The molecule has 0 aliphatic rings. The number of imidazole rings is 1. The highest BCUT2D eigenvalue weighted by Gasteiger charge is 2.22. The van der Waals surface area contributed by atoms with Crippen molar-refractivity contribution in [1.29, 1.82) is 0 Å². The van der Waals surface area contributed by atoms with Crippen LogP contribution in [0.3, 0.4) is 0 Å². The Morgan fingerprint density at radius 3 is 2.33 bits per heavy atom. The highest BCUT2D eigenvalue weighted by molar-refractivity contribution is 7.90. The summed E-state index contributed by atoms with van der Waals surface area (Å²) in [6.45, 7) is 0. The third-order valence-corrected chi connectivity index (χ3v) is 5.53. The minimum Gasteiger partial charge on any atom is -0.318 e. The van der Waals surface area contributed by atoms with Crippen LogP contribution in [0.25, 0.3) is 11.3 Å². The van der Waals surface area contributed by atoms with Crippen molar-refractivity contribution in [2.75, 3.05) is 0 Å². The van der Waals surface area contributed by atoms with E-state index >= 15 is 0 Å². The first-order valence-corrected chi connectivity index (χ1v) is 9.15. The minimum atomic E-state index is -3.65. The van der Waals surface area contributed by atoms with Crippen molar-refractivity contribution in [3.63, 3.8) is 0 Å². The molecule has 0 fully saturated rings. The van der Waals surface area contributed by atoms with Gasteiger partial charge in [0.25, 0.3) is 0 Å². The zero-order chi connectivity index (χ0) is 17.3. The second kappa shape index (κ2) is 6.37. The monoisotopic (exact) mass is 364 g/mol. The summed E-state index contributed by atoms with van der Waals surface area (Å²) in [5.41, 5.74) is 1.99. The number of halogens is 2. The van der Waals surface area contributed by atoms with E-state index in [1.807, 2.05) is 0 Å². The van der Waals surface area contributed by atoms with E-state index in [1.165, 1.54) is 35.0 Å². The lowest BCUT2D eigenvalue weighted by atomic mass is 10.2. The van der Waals surface area contributed by atoms with Crippen LogP contribution in [0, 0.1) is 5.82 Å². The predicted octanol–water partition coefficient (Wildman–Crippen LogP) is 3.85. The molecule has 0 aliphatic heterocycles. The Balaban J connectivity index is 1.94. The van der Waals surface area contributed by atoms with E-state index < -0.39 is 15.7 Å². The predicted molar refractivity (Wildman–Crippen MR) is 90.9 cm³/mol. The van der Waals surface area contributed by atoms with Crippen LogP contribution in [0.2, 0.25) is 5.02 Å². The first-order chi connectivity index (χ1) is 11.4. The number of aromatic nitrogens is 2. The third kappa shape index (κ3) is 3.34. The molecule has 0 N–H and O–H groups in total. The van der Waals surface area contributed by atoms with Gasteiger partial charge in [-0.2, -0.15) is 0 Å². The fraction of sp³-hybridized carbons (Fsp3) is 0.118. The molecule has 0 aliphatic carbocycles. The van der Waals surface area contributed by atoms with E-state index in [1.54, 1.807) is 31.3 Å². The molecule has 1 aromatic heterocycles. The van der Waals surface area contributed by atoms with Gasteiger partial charge in [-0.1, -0.05) is 35.9 Å². The van der Waals surface area contributed by atoms with Crippen LogP contribution in [-0.2, 0) is 22.6 Å². The molecular weight excluding hydrogens is 351 g/mol. The summed E-state index contributed by atoms with van der Waals surface area (Å²) in [5.74, 6) is -0.642. The zero-order valence-electron chi connectivity index (χ0n) is 12.8. The average molecular weight is 365 g/mol. The lowest BCUT2D eigenvalue weighted by Crippen LogP contribution is -2.11. The summed E-state index contributed by atoms with van der Waals surface area (Å²) in [4.78, 5) is 4.07. The Bertz CT molecular complexity index is 965. The molecule has 3 rings (SSSR count). The molecule has 4 nitrogen and oxygen atoms in total. The van der Waals surface area contributed by atoms with Crippen molar-refractivity contribution in [3.05, 3.63) is 71.1 Å². The highest BCUT2D eigenvalue weighted by atomic mass is 35.5. The zero-order valence-corrected chi connectivity index (χ0v) is 14.4. The first-order valence-electron chi connectivity index (χ1n) is 7.12. The maximum absolute atomic E-state index is 13.0. The largest absolute Gasteiger partial charge is 0.318 e. The van der Waals surface area contributed by atoms with E-state index in [2.05, 4.69) is 4.98 Å². The molecule has 0 saturated heterocycles. The van der Waals surface area contributed by atoms with Gasteiger partial charge in [-0.25, -0.2) is 17.8 Å². The van der Waals surface area contributed by atoms with Crippen LogP contribution >= 0.6 is 11.6 Å². The van der Waals surface area contributed by atoms with Gasteiger partial charge in [0.2, 0.25) is 15.0 Å². The fourth-order valence-electron chi connectivity index (χ4n) is 2.43. The highest BCUT2D eigenvalue weighted by Crippen LogP contribution is 2.25. The topological polar surface area (TPSA) is 52.0 Å². The summed E-state index contributed by atoms with van der Waals surface area (Å²) in [5, 5.41) is 0.571. The summed E-state index contributed by atoms with van der Waals surface area (Å²) in [6.07, 6.45) is 1.51. The Hall–Kier alpha value is -2.18. The molecule has 0 spiro atoms. The lowest BCUT2D eigenvalue weighted by molar-refractivity contribution is 0.578. The summed E-state index contributed by atoms with van der Waals surface area (Å²) in [6, 6.07) is 12.5. The van der Waals surface area contributed by atoms with Gasteiger partial charge in [0, 0.05) is 12.1 Å². The van der Waals surface area contributed by atoms with Crippen molar-refractivity contribution >= 4 is 21.4 Å². The van der Waals surface area contributed by atoms with E-state index in [0.29, 0.717) is 16.3 Å². The smallest absolute Gasteiger partial charge is 0.228 e. The molecule has 124 valence electrons. The molecular formula is C17H14ClFN2O2S. The van der Waals surface area contributed by atoms with Crippen molar-refractivity contribution in [2.45, 2.75) is 10.9 Å². The molecule has 7 heteroatoms. The van der Waals surface area contributed by atoms with Crippen LogP contribution in [0.4, 0.5) is 4.39 Å². The summed E-state index contributed by atoms with van der Waals surface area (Å²) in [7, 11) is -2.00. The third-order valence-electron chi connectivity index (χ3n) is 3.63. The van der Waals surface area contributed by atoms with E-state index in [-0.39, 0.29) is 10.9 Å². The fourth-order valence-corrected chi connectivity index (χ4v) is 4.05. The maximum atomic E-state index is 13.0. The quantitative estimate of drug-likeness (QED) is 0.706. The Morgan fingerprint density at radius 1 is 1.08 bits per heavy atom. The summed E-state index contributed by atoms with van der Waals surface area (Å²) < 4.78 is 39.7. The number of hydrogen-bond acceptors (Lipinski definition) is 3. The van der Waals surface area contributed by atoms with Gasteiger partial charge in [-0.05, 0) is 35.4 Å². The molecule has 1 heterocycles. The van der Waals surface area contributed by atoms with Crippen molar-refractivity contribution in [1.82, 2.24) is 9.55 Å². The van der Waals surface area contributed by atoms with Gasteiger partial charge < -0.3 is 4.57 Å². The van der Waals surface area contributed by atoms with Crippen molar-refractivity contribution in [2.24, 2.45) is 7.05 Å². The van der Waals surface area contributed by atoms with Crippen molar-refractivity contribution in [3.8, 4) is 11.3 Å². The SMILES string of the molecule is Cn1c(-c2ccc(Cl)cc2)cnc1S(=O)(=O)Cc1ccc(F)cc1. The molecule has 0 atom stereocenters. The van der Waals surface area contributed by atoms with Gasteiger partial charge in [0.1, 0.15) is 5.82 Å². The Morgan fingerprint density at radius 2 is 1.71 bits per heavy atom. The molecule has 2 aromatic carbocycles. The molecule has 0 bridgehead atoms. The van der Waals surface area contributed by atoms with E-state index in [9.17, 15) is 12.8 Å². The second-order valence-electron chi connectivity index (χ2n) is 5.38. The lowest BCUT2D eigenvalue weighted by Gasteiger charge is -2.07. The Labute approximate surface area is 144 Å². The van der Waals surface area contributed by atoms with Gasteiger partial charge in [-0.15, -0.1) is 0 Å². The van der Waals surface area contributed by atoms with Crippen LogP contribution < -0.4 is 0 Å². The molecule has 3 aromatic rings. The van der Waals surface area contributed by atoms with Crippen LogP contribution in [0.1, 0.15) is 5.56 Å². The normalized spacial score (nSPS) is 11.6. The van der Waals surface area contributed by atoms with E-state index in [0.717, 1.165) is 5.56 Å². The summed E-state index contributed by atoms with van der Waals surface area (Å²) >= 11 is 5.87. The van der Waals surface area contributed by atoms with Crippen LogP contribution in [0.5, 0.6) is 0 Å². The molecule has 0 unspecified atom stereocenters. The average Bonchev–Trinajstić information content (AvgIpc) is 2.93. The van der Waals surface area contributed by atoms with Crippen LogP contribution in [0.15, 0.2) is 59.9 Å². The first kappa shape index (κ1) is 16.7. The van der Waals surface area contributed by atoms with Gasteiger partial charge in [0.05, 0.1) is 17.6 Å². The molecule has 0 amide bonds. The van der Waals surface area contributed by atoms with Crippen LogP contribution in [-0.4, -0.2) is 18.0 Å². The van der Waals surface area contributed by atoms with Gasteiger partial charge >= 0.3 is 0 Å². The molecule has 0 saturated carbocycles. The second-order valence-corrected chi connectivity index (χ2v) is 7.70. The molecule has 24 heavy (non-hydrogen) atoms. The minimum absolute atomic E-state index is 0.0308. The number of benzene rings is 2. The maximum Gasteiger partial charge on any atom is 0.228 e. The van der Waals surface area contributed by atoms with E-state index in [4.69, 9.17) is 11.6 Å².